The zero-order valence-corrected chi connectivity index (χ0v) is 15.8. The molecule has 0 unspecified atom stereocenters. The monoisotopic (exact) mass is 382 g/mol. The Morgan fingerprint density at radius 3 is 2.68 bits per heavy atom. The molecule has 3 heterocycles. The summed E-state index contributed by atoms with van der Waals surface area (Å²) in [6.45, 7) is 0.975. The van der Waals surface area contributed by atoms with E-state index in [1.807, 2.05) is 30.3 Å². The Bertz CT molecular complexity index is 949. The van der Waals surface area contributed by atoms with Gasteiger partial charge in [0.05, 0.1) is 5.69 Å². The summed E-state index contributed by atoms with van der Waals surface area (Å²) in [5.41, 5.74) is 2.30. The van der Waals surface area contributed by atoms with Gasteiger partial charge in [-0.15, -0.1) is 10.2 Å². The summed E-state index contributed by atoms with van der Waals surface area (Å²) in [5, 5.41) is 7.69. The van der Waals surface area contributed by atoms with Gasteiger partial charge in [-0.05, 0) is 19.3 Å². The molecular formula is C20H22N4O4. The van der Waals surface area contributed by atoms with Crippen LogP contribution in [0.15, 0.2) is 34.7 Å². The number of hydrogen-bond acceptors (Lipinski definition) is 7. The summed E-state index contributed by atoms with van der Waals surface area (Å²) in [6, 6.07) is 9.92. The van der Waals surface area contributed by atoms with Gasteiger partial charge in [-0.3, -0.25) is 0 Å². The van der Waals surface area contributed by atoms with Crippen molar-refractivity contribution >= 4 is 5.97 Å². The Morgan fingerprint density at radius 1 is 1.11 bits per heavy atom. The average molecular weight is 382 g/mol. The second kappa shape index (κ2) is 8.35. The lowest BCUT2D eigenvalue weighted by Gasteiger charge is -2.08. The quantitative estimate of drug-likeness (QED) is 0.605. The number of fused-ring (bicyclic) bond motifs is 1. The molecule has 4 rings (SSSR count). The first-order valence-corrected chi connectivity index (χ1v) is 9.38. The van der Waals surface area contributed by atoms with Gasteiger partial charge in [0.2, 0.25) is 5.89 Å². The second-order valence-electron chi connectivity index (χ2n) is 6.66. The maximum Gasteiger partial charge on any atom is 0.359 e. The Labute approximate surface area is 162 Å². The lowest BCUT2D eigenvalue weighted by Crippen LogP contribution is -2.10. The number of ether oxygens (including phenoxy) is 2. The first-order valence-electron chi connectivity index (χ1n) is 9.38. The third-order valence-corrected chi connectivity index (χ3v) is 4.70. The Morgan fingerprint density at radius 2 is 1.89 bits per heavy atom. The molecule has 0 saturated carbocycles. The highest BCUT2D eigenvalue weighted by Crippen LogP contribution is 2.27. The van der Waals surface area contributed by atoms with Crippen LogP contribution in [0.25, 0.3) is 11.4 Å². The van der Waals surface area contributed by atoms with Crippen LogP contribution < -0.4 is 0 Å². The van der Waals surface area contributed by atoms with E-state index in [1.54, 1.807) is 7.11 Å². The Kier molecular flexibility index (Phi) is 5.48. The molecule has 0 spiro atoms. The Balaban J connectivity index is 1.57. The van der Waals surface area contributed by atoms with Gasteiger partial charge >= 0.3 is 5.97 Å². The number of esters is 1. The lowest BCUT2D eigenvalue weighted by molar-refractivity contribution is 0.0425. The molecule has 2 aromatic heterocycles. The third-order valence-electron chi connectivity index (χ3n) is 4.70. The van der Waals surface area contributed by atoms with Crippen LogP contribution >= 0.6 is 0 Å². The molecule has 1 aliphatic rings. The van der Waals surface area contributed by atoms with Crippen LogP contribution in [0.2, 0.25) is 0 Å². The van der Waals surface area contributed by atoms with Crippen molar-refractivity contribution in [3.8, 4) is 11.4 Å². The van der Waals surface area contributed by atoms with E-state index in [0.717, 1.165) is 49.3 Å². The first-order chi connectivity index (χ1) is 13.8. The summed E-state index contributed by atoms with van der Waals surface area (Å²) >= 11 is 0. The molecule has 8 nitrogen and oxygen atoms in total. The number of carbonyl (C=O) groups is 1. The fourth-order valence-electron chi connectivity index (χ4n) is 3.42. The molecule has 1 aromatic carbocycles. The van der Waals surface area contributed by atoms with Crippen LogP contribution in [-0.2, 0) is 35.7 Å². The SMILES string of the molecule is COCc1nnc(COC(=O)c2nc(-c3ccccc3)n3c2CCCCC3)o1. The molecule has 0 bridgehead atoms. The van der Waals surface area contributed by atoms with Crippen molar-refractivity contribution in [1.82, 2.24) is 19.7 Å². The van der Waals surface area contributed by atoms with Gasteiger partial charge in [0.25, 0.3) is 5.89 Å². The Hall–Kier alpha value is -3.00. The van der Waals surface area contributed by atoms with Crippen LogP contribution in [0.3, 0.4) is 0 Å². The topological polar surface area (TPSA) is 92.3 Å². The molecule has 0 fully saturated rings. The van der Waals surface area contributed by atoms with Crippen LogP contribution in [0, 0.1) is 0 Å². The number of methoxy groups -OCH3 is 1. The van der Waals surface area contributed by atoms with Gasteiger partial charge in [0.1, 0.15) is 12.4 Å². The molecular weight excluding hydrogens is 360 g/mol. The number of aromatic nitrogens is 4. The fourth-order valence-corrected chi connectivity index (χ4v) is 3.42. The molecule has 0 aliphatic carbocycles. The van der Waals surface area contributed by atoms with Gasteiger partial charge in [-0.25, -0.2) is 9.78 Å². The highest BCUT2D eigenvalue weighted by molar-refractivity contribution is 5.89. The average Bonchev–Trinajstić information content (AvgIpc) is 3.24. The normalized spacial score (nSPS) is 13.8. The van der Waals surface area contributed by atoms with Crippen molar-refractivity contribution in [1.29, 1.82) is 0 Å². The molecule has 146 valence electrons. The number of rotatable bonds is 6. The van der Waals surface area contributed by atoms with Crippen LogP contribution in [0.4, 0.5) is 0 Å². The van der Waals surface area contributed by atoms with Crippen molar-refractivity contribution < 1.29 is 18.7 Å². The zero-order valence-electron chi connectivity index (χ0n) is 15.8. The molecule has 8 heteroatoms. The first kappa shape index (κ1) is 18.4. The van der Waals surface area contributed by atoms with E-state index >= 15 is 0 Å². The molecule has 1 aliphatic heterocycles. The summed E-state index contributed by atoms with van der Waals surface area (Å²) in [7, 11) is 1.54. The van der Waals surface area contributed by atoms with Crippen LogP contribution in [0.1, 0.15) is 47.2 Å². The highest BCUT2D eigenvalue weighted by Gasteiger charge is 2.25. The largest absolute Gasteiger partial charge is 0.451 e. The summed E-state index contributed by atoms with van der Waals surface area (Å²) in [4.78, 5) is 17.4. The lowest BCUT2D eigenvalue weighted by atomic mass is 10.1. The number of benzene rings is 1. The van der Waals surface area contributed by atoms with Crippen molar-refractivity contribution in [2.75, 3.05) is 7.11 Å². The molecule has 0 atom stereocenters. The molecule has 28 heavy (non-hydrogen) atoms. The van der Waals surface area contributed by atoms with Gasteiger partial charge in [0, 0.05) is 19.2 Å². The number of carbonyl (C=O) groups excluding carboxylic acids is 1. The van der Waals surface area contributed by atoms with Crippen molar-refractivity contribution in [2.24, 2.45) is 0 Å². The van der Waals surface area contributed by atoms with E-state index in [2.05, 4.69) is 19.7 Å². The molecule has 0 radical (unpaired) electrons. The van der Waals surface area contributed by atoms with E-state index in [4.69, 9.17) is 13.9 Å². The van der Waals surface area contributed by atoms with E-state index in [0.29, 0.717) is 11.6 Å². The maximum atomic E-state index is 12.8. The van der Waals surface area contributed by atoms with Gasteiger partial charge in [-0.2, -0.15) is 0 Å². The summed E-state index contributed by atoms with van der Waals surface area (Å²) in [5.74, 6) is 0.911. The molecule has 0 amide bonds. The van der Waals surface area contributed by atoms with Gasteiger partial charge in [0.15, 0.2) is 12.3 Å². The van der Waals surface area contributed by atoms with Crippen LogP contribution in [-0.4, -0.2) is 32.8 Å². The van der Waals surface area contributed by atoms with E-state index < -0.39 is 5.97 Å². The van der Waals surface area contributed by atoms with Crippen molar-refractivity contribution in [2.45, 2.75) is 45.4 Å². The molecule has 0 N–H and O–H groups in total. The molecule has 0 saturated heterocycles. The zero-order chi connectivity index (χ0) is 19.3. The predicted molar refractivity (Wildman–Crippen MR) is 99.3 cm³/mol. The minimum Gasteiger partial charge on any atom is -0.451 e. The van der Waals surface area contributed by atoms with Crippen LogP contribution in [0.5, 0.6) is 0 Å². The second-order valence-corrected chi connectivity index (χ2v) is 6.66. The number of hydrogen-bond donors (Lipinski definition) is 0. The number of nitrogens with zero attached hydrogens (tertiary/aromatic N) is 4. The van der Waals surface area contributed by atoms with Crippen molar-refractivity contribution in [3.05, 3.63) is 53.5 Å². The number of imidazole rings is 1. The summed E-state index contributed by atoms with van der Waals surface area (Å²) < 4.78 is 17.9. The minimum absolute atomic E-state index is 0.0947. The van der Waals surface area contributed by atoms with E-state index in [-0.39, 0.29) is 19.1 Å². The molecule has 3 aromatic rings. The van der Waals surface area contributed by atoms with Gasteiger partial charge < -0.3 is 18.5 Å². The van der Waals surface area contributed by atoms with E-state index in [1.165, 1.54) is 0 Å². The van der Waals surface area contributed by atoms with Gasteiger partial charge in [-0.1, -0.05) is 36.8 Å². The van der Waals surface area contributed by atoms with E-state index in [9.17, 15) is 4.79 Å². The maximum absolute atomic E-state index is 12.8. The summed E-state index contributed by atoms with van der Waals surface area (Å²) in [6.07, 6.45) is 4.05. The minimum atomic E-state index is -0.473. The fraction of sp³-hybridized carbons (Fsp3) is 0.400. The van der Waals surface area contributed by atoms with Crippen molar-refractivity contribution in [3.63, 3.8) is 0 Å². The highest BCUT2D eigenvalue weighted by atomic mass is 16.5. The third kappa shape index (κ3) is 3.82. The predicted octanol–water partition coefficient (Wildman–Crippen LogP) is 3.16. The standard InChI is InChI=1S/C20H22N4O4/c1-26-12-16-22-23-17(28-16)13-27-20(25)18-15-10-6-3-7-11-24(15)19(21-18)14-8-4-2-5-9-14/h2,4-5,8-9H,3,6-7,10-13H2,1H3. The smallest absolute Gasteiger partial charge is 0.359 e.